The van der Waals surface area contributed by atoms with Crippen LogP contribution in [0.5, 0.6) is 0 Å². The molecule has 7 nitrogen and oxygen atoms in total. The fourth-order valence-electron chi connectivity index (χ4n) is 2.84. The van der Waals surface area contributed by atoms with Crippen LogP contribution in [0.2, 0.25) is 0 Å². The van der Waals surface area contributed by atoms with Crippen LogP contribution in [-0.4, -0.2) is 52.4 Å². The highest BCUT2D eigenvalue weighted by Gasteiger charge is 2.50. The molecular formula is C13H18F3N3O4S. The molecule has 1 unspecified atom stereocenters. The molecule has 1 aromatic rings. The summed E-state index contributed by atoms with van der Waals surface area (Å²) in [6, 6.07) is 0.671. The van der Waals surface area contributed by atoms with Crippen LogP contribution < -0.4 is 0 Å². The maximum atomic E-state index is 15.2. The largest absolute Gasteiger partial charge is 0.465 e. The highest BCUT2D eigenvalue weighted by Crippen LogP contribution is 2.39. The minimum Gasteiger partial charge on any atom is -0.465 e. The molecule has 0 radical (unpaired) electrons. The summed E-state index contributed by atoms with van der Waals surface area (Å²) in [5, 5.41) is 8.95. The van der Waals surface area contributed by atoms with Crippen LogP contribution in [0.3, 0.4) is 0 Å². The molecular weight excluding hydrogens is 351 g/mol. The van der Waals surface area contributed by atoms with E-state index in [1.165, 1.54) is 0 Å². The number of rotatable bonds is 4. The highest BCUT2D eigenvalue weighted by atomic mass is 32.2. The number of aromatic nitrogens is 2. The Hall–Kier alpha value is -1.78. The van der Waals surface area contributed by atoms with Crippen molar-refractivity contribution in [3.8, 4) is 0 Å². The molecule has 1 fully saturated rings. The van der Waals surface area contributed by atoms with Crippen molar-refractivity contribution in [2.24, 2.45) is 13.0 Å². The number of amides is 1. The molecule has 136 valence electrons. The van der Waals surface area contributed by atoms with Crippen molar-refractivity contribution in [1.82, 2.24) is 14.7 Å². The smallest absolute Gasteiger partial charge is 0.407 e. The second kappa shape index (κ2) is 6.26. The molecule has 1 aromatic heterocycles. The predicted octanol–water partition coefficient (Wildman–Crippen LogP) is 2.21. The lowest BCUT2D eigenvalue weighted by molar-refractivity contribution is 0.0911. The Morgan fingerprint density at radius 3 is 2.38 bits per heavy atom. The Morgan fingerprint density at radius 2 is 1.96 bits per heavy atom. The van der Waals surface area contributed by atoms with E-state index in [1.807, 2.05) is 0 Å². The highest BCUT2D eigenvalue weighted by molar-refractivity contribution is 7.92. The summed E-state index contributed by atoms with van der Waals surface area (Å²) in [4.78, 5) is 12.0. The van der Waals surface area contributed by atoms with Crippen molar-refractivity contribution in [3.63, 3.8) is 0 Å². The fraction of sp³-hybridized carbons (Fsp3) is 0.692. The van der Waals surface area contributed by atoms with Crippen molar-refractivity contribution in [1.29, 1.82) is 0 Å². The van der Waals surface area contributed by atoms with Gasteiger partial charge in [-0.05, 0) is 19.8 Å². The molecule has 1 atom stereocenters. The Morgan fingerprint density at radius 1 is 1.42 bits per heavy atom. The fourth-order valence-corrected chi connectivity index (χ4v) is 4.59. The number of likely N-dealkylation sites (tertiary alicyclic amines) is 1. The summed E-state index contributed by atoms with van der Waals surface area (Å²) >= 11 is 0. The van der Waals surface area contributed by atoms with Gasteiger partial charge in [0.25, 0.3) is 6.43 Å². The summed E-state index contributed by atoms with van der Waals surface area (Å²) in [5.74, 6) is -0.942. The van der Waals surface area contributed by atoms with Crippen LogP contribution in [0.25, 0.3) is 0 Å². The Kier molecular flexibility index (Phi) is 4.84. The van der Waals surface area contributed by atoms with Crippen LogP contribution in [-0.2, 0) is 16.9 Å². The number of carbonyl (C=O) groups is 1. The molecule has 1 saturated heterocycles. The first-order valence-corrected chi connectivity index (χ1v) is 8.70. The second-order valence-electron chi connectivity index (χ2n) is 5.86. The van der Waals surface area contributed by atoms with Crippen molar-refractivity contribution >= 4 is 15.9 Å². The molecule has 1 N–H and O–H groups in total. The summed E-state index contributed by atoms with van der Waals surface area (Å²) in [5.41, 5.74) is -0.743. The van der Waals surface area contributed by atoms with Gasteiger partial charge in [-0.1, -0.05) is 0 Å². The maximum absolute atomic E-state index is 15.2. The normalized spacial score (nSPS) is 19.5. The molecule has 1 amide bonds. The molecule has 11 heteroatoms. The van der Waals surface area contributed by atoms with Crippen LogP contribution in [0.4, 0.5) is 18.0 Å². The average Bonchev–Trinajstić information content (AvgIpc) is 2.90. The second-order valence-corrected chi connectivity index (χ2v) is 8.09. The van der Waals surface area contributed by atoms with E-state index in [-0.39, 0.29) is 25.9 Å². The number of aryl methyl sites for hydroxylation is 1. The van der Waals surface area contributed by atoms with Crippen LogP contribution in [0.1, 0.15) is 31.9 Å². The number of hydrogen-bond donors (Lipinski definition) is 1. The third kappa shape index (κ3) is 3.08. The summed E-state index contributed by atoms with van der Waals surface area (Å²) in [7, 11) is -3.43. The van der Waals surface area contributed by atoms with E-state index in [2.05, 4.69) is 5.10 Å². The number of alkyl halides is 3. The lowest BCUT2D eigenvalue weighted by Crippen LogP contribution is -2.47. The molecule has 0 spiro atoms. The standard InChI is InChI=1S/C13H18F3N3O4S/c1-13(16,8-3-5-19(6-4-8)12(20)21)24(22,23)10-7-9(11(14)15)17-18(10)2/h7-8,11H,3-6H2,1-2H3,(H,20,21). The quantitative estimate of drug-likeness (QED) is 0.878. The molecule has 0 saturated carbocycles. The van der Waals surface area contributed by atoms with E-state index in [1.54, 1.807) is 0 Å². The third-order valence-electron chi connectivity index (χ3n) is 4.37. The topological polar surface area (TPSA) is 92.5 Å². The zero-order valence-corrected chi connectivity index (χ0v) is 13.9. The van der Waals surface area contributed by atoms with Gasteiger partial charge in [-0.3, -0.25) is 4.68 Å². The van der Waals surface area contributed by atoms with Gasteiger partial charge in [0, 0.05) is 32.1 Å². The SMILES string of the molecule is Cn1nc(C(F)F)cc1S(=O)(=O)C(C)(F)C1CCN(C(=O)O)CC1. The molecule has 0 aromatic carbocycles. The van der Waals surface area contributed by atoms with Gasteiger partial charge in [-0.25, -0.2) is 26.4 Å². The van der Waals surface area contributed by atoms with E-state index >= 15 is 4.39 Å². The predicted molar refractivity (Wildman–Crippen MR) is 77.2 cm³/mol. The van der Waals surface area contributed by atoms with E-state index in [0.29, 0.717) is 6.07 Å². The van der Waals surface area contributed by atoms with Gasteiger partial charge in [0.2, 0.25) is 14.8 Å². The Bertz CT molecular complexity index is 725. The molecule has 0 aliphatic carbocycles. The Labute approximate surface area is 137 Å². The van der Waals surface area contributed by atoms with Crippen LogP contribution in [0, 0.1) is 5.92 Å². The zero-order chi connectivity index (χ0) is 18.3. The van der Waals surface area contributed by atoms with Crippen molar-refractivity contribution in [2.45, 2.75) is 36.2 Å². The number of nitrogens with zero attached hydrogens (tertiary/aromatic N) is 3. The minimum absolute atomic E-state index is 0.0166. The van der Waals surface area contributed by atoms with Crippen molar-refractivity contribution < 1.29 is 31.5 Å². The molecule has 24 heavy (non-hydrogen) atoms. The molecule has 0 bridgehead atoms. The Balaban J connectivity index is 2.29. The van der Waals surface area contributed by atoms with Gasteiger partial charge >= 0.3 is 6.09 Å². The van der Waals surface area contributed by atoms with Gasteiger partial charge in [0.15, 0.2) is 5.03 Å². The van der Waals surface area contributed by atoms with Crippen LogP contribution >= 0.6 is 0 Å². The van der Waals surface area contributed by atoms with Crippen LogP contribution in [0.15, 0.2) is 11.1 Å². The molecule has 2 rings (SSSR count). The van der Waals surface area contributed by atoms with Gasteiger partial charge < -0.3 is 10.0 Å². The molecule has 1 aliphatic rings. The minimum atomic E-state index is -4.58. The summed E-state index contributed by atoms with van der Waals surface area (Å²) in [6.45, 7) is 0.921. The van der Waals surface area contributed by atoms with Gasteiger partial charge in [0.1, 0.15) is 5.69 Å². The number of piperidine rings is 1. The first-order chi connectivity index (χ1) is 11.0. The van der Waals surface area contributed by atoms with Gasteiger partial charge in [0.05, 0.1) is 0 Å². The van der Waals surface area contributed by atoms with Crippen molar-refractivity contribution in [2.75, 3.05) is 13.1 Å². The monoisotopic (exact) mass is 369 g/mol. The summed E-state index contributed by atoms with van der Waals surface area (Å²) in [6.07, 6.45) is -4.06. The third-order valence-corrected chi connectivity index (χ3v) is 6.69. The maximum Gasteiger partial charge on any atom is 0.407 e. The van der Waals surface area contributed by atoms with E-state index in [9.17, 15) is 22.0 Å². The van der Waals surface area contributed by atoms with Crippen molar-refractivity contribution in [3.05, 3.63) is 11.8 Å². The number of hydrogen-bond acceptors (Lipinski definition) is 4. The first kappa shape index (κ1) is 18.6. The van der Waals surface area contributed by atoms with Gasteiger partial charge in [-0.15, -0.1) is 0 Å². The molecule has 2 heterocycles. The summed E-state index contributed by atoms with van der Waals surface area (Å²) < 4.78 is 66.5. The average molecular weight is 369 g/mol. The number of sulfone groups is 1. The number of carboxylic acid groups (broad SMARTS) is 1. The zero-order valence-electron chi connectivity index (χ0n) is 13.1. The lowest BCUT2D eigenvalue weighted by atomic mass is 9.92. The van der Waals surface area contributed by atoms with E-state index < -0.39 is 44.0 Å². The lowest BCUT2D eigenvalue weighted by Gasteiger charge is -2.36. The van der Waals surface area contributed by atoms with E-state index in [4.69, 9.17) is 5.11 Å². The van der Waals surface area contributed by atoms with Gasteiger partial charge in [-0.2, -0.15) is 5.10 Å². The molecule has 1 aliphatic heterocycles. The first-order valence-electron chi connectivity index (χ1n) is 7.22. The van der Waals surface area contributed by atoms with E-state index in [0.717, 1.165) is 23.6 Å². The number of halogens is 3.